The Morgan fingerprint density at radius 2 is 1.83 bits per heavy atom. The molecule has 6 heteroatoms. The molecule has 4 rings (SSSR count). The number of pyridine rings is 1. The number of ether oxygens (including phenoxy) is 1. The minimum absolute atomic E-state index is 0.00412. The van der Waals surface area contributed by atoms with Gasteiger partial charge in [-0.3, -0.25) is 4.79 Å². The van der Waals surface area contributed by atoms with Crippen LogP contribution in [0.15, 0.2) is 60.7 Å². The van der Waals surface area contributed by atoms with E-state index in [-0.39, 0.29) is 12.4 Å². The van der Waals surface area contributed by atoms with Gasteiger partial charge in [0.1, 0.15) is 12.3 Å². The Kier molecular flexibility index (Phi) is 5.81. The first kappa shape index (κ1) is 20.1. The number of ketones is 1. The summed E-state index contributed by atoms with van der Waals surface area (Å²) < 4.78 is 7.46. The highest BCUT2D eigenvalue weighted by Gasteiger charge is 2.16. The highest BCUT2D eigenvalue weighted by Crippen LogP contribution is 2.31. The van der Waals surface area contributed by atoms with E-state index in [0.717, 1.165) is 33.4 Å². The van der Waals surface area contributed by atoms with E-state index < -0.39 is 0 Å². The van der Waals surface area contributed by atoms with Crippen molar-refractivity contribution in [1.29, 1.82) is 0 Å². The molecule has 2 aromatic carbocycles. The van der Waals surface area contributed by atoms with Crippen molar-refractivity contribution in [1.82, 2.24) is 14.8 Å². The van der Waals surface area contributed by atoms with Gasteiger partial charge in [-0.15, -0.1) is 0 Å². The number of hydrogen-bond donors (Lipinski definition) is 0. The van der Waals surface area contributed by atoms with Gasteiger partial charge < -0.3 is 4.74 Å². The van der Waals surface area contributed by atoms with Crippen LogP contribution in [0.2, 0.25) is 5.02 Å². The van der Waals surface area contributed by atoms with Gasteiger partial charge in [-0.1, -0.05) is 60.1 Å². The molecule has 152 valence electrons. The molecule has 30 heavy (non-hydrogen) atoms. The number of Topliss-reactive ketones (excluding diaryl/α,β-unsaturated/α-hetero) is 1. The van der Waals surface area contributed by atoms with E-state index >= 15 is 0 Å². The largest absolute Gasteiger partial charge is 0.470 e. The summed E-state index contributed by atoms with van der Waals surface area (Å²) >= 11 is 6.15. The molecule has 5 nitrogen and oxygen atoms in total. The first-order valence-corrected chi connectivity index (χ1v) is 10.2. The standard InChI is InChI=1S/C24H22ClN3O2/c1-16-14-21(30-15-19(29)13-12-17-8-6-7-11-20(17)25)26-24-22(16)23(27-28(24)2)18-9-4-3-5-10-18/h3-11,14H,12-13,15H2,1-2H3. The zero-order chi connectivity index (χ0) is 21.1. The van der Waals surface area contributed by atoms with Crippen LogP contribution in [0.25, 0.3) is 22.3 Å². The molecule has 0 bridgehead atoms. The number of aryl methyl sites for hydroxylation is 3. The Morgan fingerprint density at radius 3 is 2.60 bits per heavy atom. The molecule has 0 spiro atoms. The van der Waals surface area contributed by atoms with E-state index in [1.807, 2.05) is 74.6 Å². The molecule has 0 saturated heterocycles. The molecule has 0 amide bonds. The number of benzene rings is 2. The van der Waals surface area contributed by atoms with E-state index in [1.165, 1.54) is 0 Å². The smallest absolute Gasteiger partial charge is 0.215 e. The second-order valence-electron chi connectivity index (χ2n) is 7.23. The van der Waals surface area contributed by atoms with Crippen molar-refractivity contribution in [3.8, 4) is 17.1 Å². The van der Waals surface area contributed by atoms with Crippen LogP contribution in [0.4, 0.5) is 0 Å². The molecule has 0 saturated carbocycles. The second kappa shape index (κ2) is 8.67. The van der Waals surface area contributed by atoms with Crippen molar-refractivity contribution < 1.29 is 9.53 Å². The fourth-order valence-electron chi connectivity index (χ4n) is 3.47. The van der Waals surface area contributed by atoms with Gasteiger partial charge in [-0.2, -0.15) is 10.1 Å². The van der Waals surface area contributed by atoms with Gasteiger partial charge in [0.05, 0.1) is 5.39 Å². The van der Waals surface area contributed by atoms with Crippen molar-refractivity contribution in [2.75, 3.05) is 6.61 Å². The number of fused-ring (bicyclic) bond motifs is 1. The number of halogens is 1. The number of aromatic nitrogens is 3. The molecular formula is C24H22ClN3O2. The highest BCUT2D eigenvalue weighted by atomic mass is 35.5. The molecule has 2 heterocycles. The van der Waals surface area contributed by atoms with Crippen LogP contribution >= 0.6 is 11.6 Å². The number of nitrogens with zero attached hydrogens (tertiary/aromatic N) is 3. The fraction of sp³-hybridized carbons (Fsp3) is 0.208. The van der Waals surface area contributed by atoms with Crippen molar-refractivity contribution >= 4 is 28.4 Å². The SMILES string of the molecule is Cc1cc(OCC(=O)CCc2ccccc2Cl)nc2c1c(-c1ccccc1)nn2C. The Hall–Kier alpha value is -3.18. The minimum atomic E-state index is -0.0220. The van der Waals surface area contributed by atoms with E-state index in [1.54, 1.807) is 4.68 Å². The first-order chi connectivity index (χ1) is 14.5. The lowest BCUT2D eigenvalue weighted by Crippen LogP contribution is -2.13. The van der Waals surface area contributed by atoms with E-state index in [0.29, 0.717) is 23.7 Å². The maximum atomic E-state index is 12.3. The zero-order valence-electron chi connectivity index (χ0n) is 16.9. The Morgan fingerprint density at radius 1 is 1.10 bits per heavy atom. The van der Waals surface area contributed by atoms with E-state index in [9.17, 15) is 4.79 Å². The Balaban J connectivity index is 1.48. The average Bonchev–Trinajstić information content (AvgIpc) is 3.09. The molecule has 0 radical (unpaired) electrons. The summed E-state index contributed by atoms with van der Waals surface area (Å²) in [5.74, 6) is 0.429. The van der Waals surface area contributed by atoms with Gasteiger partial charge in [-0.25, -0.2) is 4.68 Å². The molecule has 0 fully saturated rings. The van der Waals surface area contributed by atoms with Crippen LogP contribution in [-0.2, 0) is 18.3 Å². The van der Waals surface area contributed by atoms with Crippen molar-refractivity contribution in [3.05, 3.63) is 76.8 Å². The first-order valence-electron chi connectivity index (χ1n) is 9.80. The number of hydrogen-bond acceptors (Lipinski definition) is 4. The van der Waals surface area contributed by atoms with E-state index in [4.69, 9.17) is 16.3 Å². The zero-order valence-corrected chi connectivity index (χ0v) is 17.7. The van der Waals surface area contributed by atoms with Crippen molar-refractivity contribution in [2.45, 2.75) is 19.8 Å². The molecule has 0 atom stereocenters. The summed E-state index contributed by atoms with van der Waals surface area (Å²) in [7, 11) is 1.86. The molecule has 0 aliphatic heterocycles. The maximum Gasteiger partial charge on any atom is 0.215 e. The van der Waals surface area contributed by atoms with Gasteiger partial charge in [0.2, 0.25) is 5.88 Å². The van der Waals surface area contributed by atoms with E-state index in [2.05, 4.69) is 10.1 Å². The van der Waals surface area contributed by atoms with Gasteiger partial charge in [0, 0.05) is 30.1 Å². The molecule has 0 unspecified atom stereocenters. The fourth-order valence-corrected chi connectivity index (χ4v) is 3.70. The molecule has 0 N–H and O–H groups in total. The number of carbonyl (C=O) groups is 1. The van der Waals surface area contributed by atoms with Crippen LogP contribution in [-0.4, -0.2) is 27.2 Å². The Labute approximate surface area is 180 Å². The van der Waals surface area contributed by atoms with Crippen LogP contribution in [0, 0.1) is 6.92 Å². The molecule has 0 aliphatic carbocycles. The topological polar surface area (TPSA) is 57.0 Å². The summed E-state index contributed by atoms with van der Waals surface area (Å²) in [6.07, 6.45) is 0.963. The predicted octanol–water partition coefficient (Wildman–Crippen LogP) is 5.18. The summed E-state index contributed by atoms with van der Waals surface area (Å²) in [5, 5.41) is 6.31. The average molecular weight is 420 g/mol. The minimum Gasteiger partial charge on any atom is -0.470 e. The number of carbonyl (C=O) groups excluding carboxylic acids is 1. The molecule has 4 aromatic rings. The lowest BCUT2D eigenvalue weighted by molar-refractivity contribution is -0.121. The van der Waals surface area contributed by atoms with Gasteiger partial charge in [0.15, 0.2) is 11.4 Å². The second-order valence-corrected chi connectivity index (χ2v) is 7.64. The monoisotopic (exact) mass is 419 g/mol. The van der Waals surface area contributed by atoms with Gasteiger partial charge in [0.25, 0.3) is 0 Å². The van der Waals surface area contributed by atoms with Crippen molar-refractivity contribution in [3.63, 3.8) is 0 Å². The summed E-state index contributed by atoms with van der Waals surface area (Å²) in [6.45, 7) is 1.98. The van der Waals surface area contributed by atoms with Crippen LogP contribution < -0.4 is 4.74 Å². The van der Waals surface area contributed by atoms with Crippen molar-refractivity contribution in [2.24, 2.45) is 7.05 Å². The predicted molar refractivity (Wildman–Crippen MR) is 119 cm³/mol. The maximum absolute atomic E-state index is 12.3. The lowest BCUT2D eigenvalue weighted by atomic mass is 10.1. The summed E-state index contributed by atoms with van der Waals surface area (Å²) in [6, 6.07) is 19.4. The molecule has 0 aliphatic rings. The third kappa shape index (κ3) is 4.21. The summed E-state index contributed by atoms with van der Waals surface area (Å²) in [5.41, 5.74) is 4.63. The number of rotatable bonds is 7. The van der Waals surface area contributed by atoms with Crippen LogP contribution in [0.3, 0.4) is 0 Å². The van der Waals surface area contributed by atoms with Gasteiger partial charge in [-0.05, 0) is 30.5 Å². The highest BCUT2D eigenvalue weighted by molar-refractivity contribution is 6.31. The molecular weight excluding hydrogens is 398 g/mol. The quantitative estimate of drug-likeness (QED) is 0.414. The lowest BCUT2D eigenvalue weighted by Gasteiger charge is -2.08. The third-order valence-electron chi connectivity index (χ3n) is 5.03. The Bertz CT molecular complexity index is 1200. The van der Waals surface area contributed by atoms with Crippen LogP contribution in [0.1, 0.15) is 17.5 Å². The summed E-state index contributed by atoms with van der Waals surface area (Å²) in [4.78, 5) is 16.9. The normalized spacial score (nSPS) is 11.0. The van der Waals surface area contributed by atoms with Gasteiger partial charge >= 0.3 is 0 Å². The molecule has 2 aromatic heterocycles. The third-order valence-corrected chi connectivity index (χ3v) is 5.40. The van der Waals surface area contributed by atoms with Crippen LogP contribution in [0.5, 0.6) is 5.88 Å².